The standard InChI is InChI=1S/C31H33F3N6O3/c1-4-27(42)36-22-6-5-7-23(15-22)37-28-24(31(32,33)34)16-35-29(39-28)38-25-9-8-21(14-26(25)43-3)20-10-12-30(13-11-20)17-40(18-30)19(2)41/h4-9,14-16,20H,1,10-13,17-18H2,2-3H3,(H,36,42)(H2,35,37,38,39). The van der Waals surface area contributed by atoms with E-state index in [0.29, 0.717) is 29.2 Å². The average Bonchev–Trinajstić information content (AvgIpc) is 2.95. The molecule has 2 heterocycles. The molecule has 5 rings (SSSR count). The van der Waals surface area contributed by atoms with Gasteiger partial charge in [-0.2, -0.15) is 18.2 Å². The van der Waals surface area contributed by atoms with E-state index in [9.17, 15) is 22.8 Å². The number of halogens is 3. The van der Waals surface area contributed by atoms with E-state index in [-0.39, 0.29) is 23.0 Å². The van der Waals surface area contributed by atoms with Crippen molar-refractivity contribution < 1.29 is 27.5 Å². The van der Waals surface area contributed by atoms with Crippen molar-refractivity contribution in [2.45, 2.75) is 44.7 Å². The van der Waals surface area contributed by atoms with Gasteiger partial charge in [0, 0.05) is 43.0 Å². The number of hydrogen-bond acceptors (Lipinski definition) is 7. The summed E-state index contributed by atoms with van der Waals surface area (Å²) in [4.78, 5) is 33.2. The number of carbonyl (C=O) groups is 2. The number of ether oxygens (including phenoxy) is 1. The van der Waals surface area contributed by atoms with Crippen LogP contribution in [-0.2, 0) is 15.8 Å². The Hall–Kier alpha value is -4.61. The van der Waals surface area contributed by atoms with Crippen molar-refractivity contribution in [2.75, 3.05) is 36.1 Å². The van der Waals surface area contributed by atoms with Gasteiger partial charge >= 0.3 is 6.18 Å². The summed E-state index contributed by atoms with van der Waals surface area (Å²) < 4.78 is 47.1. The third kappa shape index (κ3) is 6.73. The number of alkyl halides is 3. The highest BCUT2D eigenvalue weighted by molar-refractivity contribution is 5.99. The van der Waals surface area contributed by atoms with E-state index < -0.39 is 23.5 Å². The Labute approximate surface area is 247 Å². The van der Waals surface area contributed by atoms with E-state index in [1.807, 2.05) is 23.1 Å². The Balaban J connectivity index is 1.32. The lowest BCUT2D eigenvalue weighted by molar-refractivity contribution is -0.143. The second kappa shape index (κ2) is 11.9. The molecule has 0 radical (unpaired) electrons. The van der Waals surface area contributed by atoms with Gasteiger partial charge in [-0.15, -0.1) is 0 Å². The smallest absolute Gasteiger partial charge is 0.421 e. The second-order valence-electron chi connectivity index (χ2n) is 11.1. The largest absolute Gasteiger partial charge is 0.495 e. The number of nitrogens with one attached hydrogen (secondary N) is 3. The lowest BCUT2D eigenvalue weighted by Gasteiger charge is -2.53. The molecular formula is C31H33F3N6O3. The van der Waals surface area contributed by atoms with Crippen LogP contribution in [0.4, 0.5) is 42.0 Å². The molecule has 2 aromatic carbocycles. The minimum atomic E-state index is -4.71. The third-order valence-corrected chi connectivity index (χ3v) is 8.16. The van der Waals surface area contributed by atoms with Gasteiger partial charge in [-0.3, -0.25) is 9.59 Å². The maximum absolute atomic E-state index is 13.8. The highest BCUT2D eigenvalue weighted by Gasteiger charge is 2.46. The normalized spacial score (nSPS) is 16.3. The number of amides is 2. The van der Waals surface area contributed by atoms with Crippen molar-refractivity contribution in [3.8, 4) is 5.75 Å². The molecule has 0 unspecified atom stereocenters. The second-order valence-corrected chi connectivity index (χ2v) is 11.1. The Morgan fingerprint density at radius 2 is 1.81 bits per heavy atom. The van der Waals surface area contributed by atoms with Gasteiger partial charge in [0.15, 0.2) is 0 Å². The molecule has 1 aliphatic heterocycles. The van der Waals surface area contributed by atoms with Gasteiger partial charge in [-0.1, -0.05) is 18.7 Å². The van der Waals surface area contributed by atoms with E-state index in [4.69, 9.17) is 4.74 Å². The number of rotatable bonds is 8. The number of likely N-dealkylation sites (tertiary alicyclic amines) is 1. The van der Waals surface area contributed by atoms with Crippen molar-refractivity contribution in [3.63, 3.8) is 0 Å². The molecule has 9 nitrogen and oxygen atoms in total. The molecule has 0 atom stereocenters. The van der Waals surface area contributed by atoms with Crippen LogP contribution in [0.5, 0.6) is 5.75 Å². The molecule has 1 spiro atoms. The van der Waals surface area contributed by atoms with Crippen LogP contribution in [0.15, 0.2) is 61.3 Å². The van der Waals surface area contributed by atoms with Crippen LogP contribution < -0.4 is 20.7 Å². The van der Waals surface area contributed by atoms with Crippen molar-refractivity contribution >= 4 is 40.6 Å². The van der Waals surface area contributed by atoms with Crippen LogP contribution in [0.1, 0.15) is 49.7 Å². The summed E-state index contributed by atoms with van der Waals surface area (Å²) in [7, 11) is 1.53. The average molecular weight is 595 g/mol. The first-order chi connectivity index (χ1) is 20.5. The SMILES string of the molecule is C=CC(=O)Nc1cccc(Nc2nc(Nc3ccc(C4CCC5(CC4)CN(C(C)=O)C5)cc3OC)ncc2C(F)(F)F)c1. The predicted molar refractivity (Wildman–Crippen MR) is 158 cm³/mol. The number of nitrogens with zero attached hydrogens (tertiary/aromatic N) is 3. The summed E-state index contributed by atoms with van der Waals surface area (Å²) in [6.45, 7) is 6.67. The van der Waals surface area contributed by atoms with Crippen molar-refractivity contribution in [1.29, 1.82) is 0 Å². The Morgan fingerprint density at radius 3 is 2.47 bits per heavy atom. The van der Waals surface area contributed by atoms with Crippen LogP contribution >= 0.6 is 0 Å². The molecule has 1 aromatic heterocycles. The molecule has 0 bridgehead atoms. The highest BCUT2D eigenvalue weighted by atomic mass is 19.4. The number of anilines is 5. The van der Waals surface area contributed by atoms with Crippen molar-refractivity contribution in [3.05, 3.63) is 72.4 Å². The van der Waals surface area contributed by atoms with Gasteiger partial charge in [-0.05, 0) is 73.6 Å². The molecule has 2 aliphatic rings. The van der Waals surface area contributed by atoms with Gasteiger partial charge in [0.25, 0.3) is 0 Å². The van der Waals surface area contributed by atoms with Gasteiger partial charge < -0.3 is 25.6 Å². The van der Waals surface area contributed by atoms with Crippen LogP contribution in [0.3, 0.4) is 0 Å². The molecule has 1 saturated heterocycles. The van der Waals surface area contributed by atoms with Crippen molar-refractivity contribution in [2.24, 2.45) is 5.41 Å². The molecule has 226 valence electrons. The van der Waals surface area contributed by atoms with Crippen LogP contribution in [0.25, 0.3) is 0 Å². The van der Waals surface area contributed by atoms with E-state index in [1.54, 1.807) is 25.1 Å². The lowest BCUT2D eigenvalue weighted by atomic mass is 9.65. The first kappa shape index (κ1) is 29.9. The molecule has 2 fully saturated rings. The minimum Gasteiger partial charge on any atom is -0.495 e. The van der Waals surface area contributed by atoms with Gasteiger partial charge in [0.2, 0.25) is 17.8 Å². The zero-order chi connectivity index (χ0) is 30.8. The van der Waals surface area contributed by atoms with Gasteiger partial charge in [-0.25, -0.2) is 4.98 Å². The fourth-order valence-corrected chi connectivity index (χ4v) is 5.80. The minimum absolute atomic E-state index is 0.0581. The molecule has 2 amide bonds. The third-order valence-electron chi connectivity index (χ3n) is 8.16. The van der Waals surface area contributed by atoms with E-state index in [1.165, 1.54) is 13.2 Å². The first-order valence-electron chi connectivity index (χ1n) is 13.9. The maximum Gasteiger partial charge on any atom is 0.421 e. The summed E-state index contributed by atoms with van der Waals surface area (Å²) in [5, 5.41) is 8.26. The van der Waals surface area contributed by atoms with Crippen molar-refractivity contribution in [1.82, 2.24) is 14.9 Å². The zero-order valence-corrected chi connectivity index (χ0v) is 23.9. The van der Waals surface area contributed by atoms with Crippen LogP contribution in [-0.4, -0.2) is 46.9 Å². The maximum atomic E-state index is 13.8. The molecular weight excluding hydrogens is 561 g/mol. The number of carbonyl (C=O) groups excluding carboxylic acids is 2. The summed E-state index contributed by atoms with van der Waals surface area (Å²) in [6, 6.07) is 12.0. The van der Waals surface area contributed by atoms with Crippen LogP contribution in [0, 0.1) is 5.41 Å². The summed E-state index contributed by atoms with van der Waals surface area (Å²) in [5.41, 5.74) is 1.48. The Kier molecular flexibility index (Phi) is 8.30. The molecule has 1 aliphatic carbocycles. The topological polar surface area (TPSA) is 108 Å². The zero-order valence-electron chi connectivity index (χ0n) is 23.9. The van der Waals surface area contributed by atoms with E-state index in [0.717, 1.165) is 50.4 Å². The fraction of sp³-hybridized carbons (Fsp3) is 0.355. The van der Waals surface area contributed by atoms with E-state index >= 15 is 0 Å². The summed E-state index contributed by atoms with van der Waals surface area (Å²) >= 11 is 0. The first-order valence-corrected chi connectivity index (χ1v) is 13.9. The fourth-order valence-electron chi connectivity index (χ4n) is 5.80. The summed E-state index contributed by atoms with van der Waals surface area (Å²) in [6.07, 6.45) is 1.23. The quantitative estimate of drug-likeness (QED) is 0.252. The number of aromatic nitrogens is 2. The highest BCUT2D eigenvalue weighted by Crippen LogP contribution is 2.49. The Morgan fingerprint density at radius 1 is 1.09 bits per heavy atom. The number of methoxy groups -OCH3 is 1. The Bertz CT molecular complexity index is 1530. The predicted octanol–water partition coefficient (Wildman–Crippen LogP) is 6.62. The van der Waals surface area contributed by atoms with Crippen LogP contribution in [0.2, 0.25) is 0 Å². The number of benzene rings is 2. The monoisotopic (exact) mass is 594 g/mol. The molecule has 3 N–H and O–H groups in total. The van der Waals surface area contributed by atoms with Gasteiger partial charge in [0.05, 0.1) is 12.8 Å². The molecule has 43 heavy (non-hydrogen) atoms. The van der Waals surface area contributed by atoms with Gasteiger partial charge in [0.1, 0.15) is 17.1 Å². The molecule has 3 aromatic rings. The number of hydrogen-bond donors (Lipinski definition) is 3. The lowest BCUT2D eigenvalue weighted by Crippen LogP contribution is -2.58. The summed E-state index contributed by atoms with van der Waals surface area (Å²) in [5.74, 6) is 0.0378. The molecule has 12 heteroatoms. The van der Waals surface area contributed by atoms with E-state index in [2.05, 4.69) is 32.5 Å². The molecule has 1 saturated carbocycles.